The van der Waals surface area contributed by atoms with E-state index in [9.17, 15) is 9.59 Å². The number of rotatable bonds is 3. The zero-order valence-electron chi connectivity index (χ0n) is 16.0. The average molecular weight is 435 g/mol. The van der Waals surface area contributed by atoms with E-state index in [1.54, 1.807) is 12.1 Å². The third kappa shape index (κ3) is 4.85. The van der Waals surface area contributed by atoms with Gasteiger partial charge in [-0.3, -0.25) is 20.4 Å². The number of hydrogen-bond acceptors (Lipinski definition) is 5. The molecule has 0 unspecified atom stereocenters. The molecule has 8 heteroatoms. The van der Waals surface area contributed by atoms with E-state index in [-0.39, 0.29) is 18.2 Å². The van der Waals surface area contributed by atoms with Crippen LogP contribution in [-0.4, -0.2) is 25.0 Å². The molecule has 0 bridgehead atoms. The van der Waals surface area contributed by atoms with Crippen molar-refractivity contribution in [3.63, 3.8) is 0 Å². The summed E-state index contributed by atoms with van der Waals surface area (Å²) in [5.41, 5.74) is 6.96. The molecule has 2 aromatic rings. The fraction of sp³-hybridized carbons (Fsp3) is 0.429. The first-order valence-electron chi connectivity index (χ1n) is 9.89. The molecule has 1 aromatic carbocycles. The molecule has 29 heavy (non-hydrogen) atoms. The zero-order valence-corrected chi connectivity index (χ0v) is 17.6. The third-order valence-corrected chi connectivity index (χ3v) is 6.53. The van der Waals surface area contributed by atoms with Crippen LogP contribution < -0.4 is 20.3 Å². The number of halogens is 1. The first kappa shape index (κ1) is 20.0. The maximum absolute atomic E-state index is 12.4. The van der Waals surface area contributed by atoms with Gasteiger partial charge >= 0.3 is 0 Å². The largest absolute Gasteiger partial charge is 0.489 e. The quantitative estimate of drug-likeness (QED) is 0.568. The van der Waals surface area contributed by atoms with E-state index in [0.29, 0.717) is 40.2 Å². The molecule has 2 aliphatic rings. The minimum Gasteiger partial charge on any atom is -0.489 e. The number of carbonyl (C=O) groups is 2. The van der Waals surface area contributed by atoms with E-state index in [4.69, 9.17) is 21.1 Å². The van der Waals surface area contributed by atoms with E-state index >= 15 is 0 Å². The lowest BCUT2D eigenvalue weighted by atomic mass is 10.1. The van der Waals surface area contributed by atoms with E-state index in [1.807, 2.05) is 6.07 Å². The van der Waals surface area contributed by atoms with Crippen LogP contribution in [0.2, 0.25) is 5.02 Å². The predicted octanol–water partition coefficient (Wildman–Crippen LogP) is 3.84. The van der Waals surface area contributed by atoms with Gasteiger partial charge in [0.05, 0.1) is 29.5 Å². The summed E-state index contributed by atoms with van der Waals surface area (Å²) >= 11 is 7.79. The Bertz CT molecular complexity index is 904. The second-order valence-electron chi connectivity index (χ2n) is 7.25. The van der Waals surface area contributed by atoms with Crippen LogP contribution in [0.4, 0.5) is 0 Å². The first-order chi connectivity index (χ1) is 14.1. The van der Waals surface area contributed by atoms with Gasteiger partial charge in [-0.25, -0.2) is 0 Å². The van der Waals surface area contributed by atoms with Gasteiger partial charge in [-0.1, -0.05) is 18.0 Å². The highest BCUT2D eigenvalue weighted by molar-refractivity contribution is 7.14. The monoisotopic (exact) mass is 434 g/mol. The maximum Gasteiger partial charge on any atom is 0.279 e. The minimum atomic E-state index is -0.331. The van der Waals surface area contributed by atoms with E-state index in [2.05, 4.69) is 10.9 Å². The summed E-state index contributed by atoms with van der Waals surface area (Å²) in [6.07, 6.45) is 6.48. The summed E-state index contributed by atoms with van der Waals surface area (Å²) < 4.78 is 11.2. The number of aryl methyl sites for hydroxylation is 2. The standard InChI is InChI=1S/C21H23ClN2O4S/c22-15-9-13(10-16-20(15)28-8-4-7-27-16)11-19(25)23-24-21(26)18-12-14-5-2-1-3-6-17(14)29-18/h9-10,12H,1-8,11H2,(H,23,25)(H,24,26). The number of fused-ring (bicyclic) bond motifs is 2. The van der Waals surface area contributed by atoms with Gasteiger partial charge in [0.1, 0.15) is 0 Å². The van der Waals surface area contributed by atoms with Gasteiger partial charge in [0.25, 0.3) is 5.91 Å². The molecule has 154 valence electrons. The number of hydrazine groups is 1. The highest BCUT2D eigenvalue weighted by Crippen LogP contribution is 2.38. The molecule has 6 nitrogen and oxygen atoms in total. The molecule has 2 amide bonds. The molecule has 4 rings (SSSR count). The lowest BCUT2D eigenvalue weighted by Gasteiger charge is -2.12. The molecule has 1 aliphatic heterocycles. The Labute approximate surface area is 178 Å². The predicted molar refractivity (Wildman–Crippen MR) is 112 cm³/mol. The second kappa shape index (κ2) is 9.05. The van der Waals surface area contributed by atoms with Crippen LogP contribution in [0, 0.1) is 0 Å². The van der Waals surface area contributed by atoms with Crippen molar-refractivity contribution in [3.05, 3.63) is 44.1 Å². The SMILES string of the molecule is O=C(Cc1cc(Cl)c2c(c1)OCCCO2)NNC(=O)c1cc2c(s1)CCCCC2. The van der Waals surface area contributed by atoms with Crippen molar-refractivity contribution in [2.45, 2.75) is 44.9 Å². The highest BCUT2D eigenvalue weighted by Gasteiger charge is 2.19. The summed E-state index contributed by atoms with van der Waals surface area (Å²) in [7, 11) is 0. The molecule has 0 spiro atoms. The maximum atomic E-state index is 12.4. The lowest BCUT2D eigenvalue weighted by molar-refractivity contribution is -0.121. The van der Waals surface area contributed by atoms with Gasteiger partial charge in [0.2, 0.25) is 5.91 Å². The number of ether oxygens (including phenoxy) is 2. The van der Waals surface area contributed by atoms with Gasteiger partial charge in [0.15, 0.2) is 11.5 Å². The minimum absolute atomic E-state index is 0.0670. The first-order valence-corrected chi connectivity index (χ1v) is 11.1. The highest BCUT2D eigenvalue weighted by atomic mass is 35.5. The summed E-state index contributed by atoms with van der Waals surface area (Å²) in [5, 5.41) is 0.413. The lowest BCUT2D eigenvalue weighted by Crippen LogP contribution is -2.42. The van der Waals surface area contributed by atoms with Crippen LogP contribution in [0.5, 0.6) is 11.5 Å². The number of carbonyl (C=O) groups excluding carboxylic acids is 2. The average Bonchev–Trinajstić information content (AvgIpc) is 2.86. The molecule has 1 aliphatic carbocycles. The third-order valence-electron chi connectivity index (χ3n) is 5.01. The Hall–Kier alpha value is -2.25. The topological polar surface area (TPSA) is 76.7 Å². The smallest absolute Gasteiger partial charge is 0.279 e. The van der Waals surface area contributed by atoms with Crippen molar-refractivity contribution >= 4 is 34.8 Å². The molecular weight excluding hydrogens is 412 g/mol. The molecule has 2 heterocycles. The van der Waals surface area contributed by atoms with E-state index < -0.39 is 0 Å². The molecule has 0 saturated heterocycles. The number of amides is 2. The second-order valence-corrected chi connectivity index (χ2v) is 8.80. The van der Waals surface area contributed by atoms with Gasteiger partial charge in [-0.05, 0) is 55.0 Å². The molecule has 0 atom stereocenters. The Morgan fingerprint density at radius 3 is 2.72 bits per heavy atom. The fourth-order valence-electron chi connectivity index (χ4n) is 3.58. The van der Waals surface area contributed by atoms with Crippen LogP contribution in [0.1, 0.15) is 51.4 Å². The Balaban J connectivity index is 1.35. The van der Waals surface area contributed by atoms with Crippen LogP contribution in [0.25, 0.3) is 0 Å². The molecule has 0 fully saturated rings. The molecule has 1 aromatic heterocycles. The van der Waals surface area contributed by atoms with Gasteiger partial charge in [0, 0.05) is 11.3 Å². The van der Waals surface area contributed by atoms with Crippen molar-refractivity contribution < 1.29 is 19.1 Å². The van der Waals surface area contributed by atoms with Gasteiger partial charge in [-0.2, -0.15) is 0 Å². The van der Waals surface area contributed by atoms with Crippen LogP contribution >= 0.6 is 22.9 Å². The van der Waals surface area contributed by atoms with Gasteiger partial charge in [-0.15, -0.1) is 11.3 Å². The number of nitrogens with one attached hydrogen (secondary N) is 2. The molecule has 0 saturated carbocycles. The summed E-state index contributed by atoms with van der Waals surface area (Å²) in [5.74, 6) is 0.441. The normalized spacial score (nSPS) is 15.6. The van der Waals surface area contributed by atoms with Crippen LogP contribution in [-0.2, 0) is 24.1 Å². The van der Waals surface area contributed by atoms with Crippen LogP contribution in [0.3, 0.4) is 0 Å². The number of benzene rings is 1. The van der Waals surface area contributed by atoms with Gasteiger partial charge < -0.3 is 9.47 Å². The zero-order chi connectivity index (χ0) is 20.2. The van der Waals surface area contributed by atoms with Crippen molar-refractivity contribution in [2.75, 3.05) is 13.2 Å². The number of hydrogen-bond donors (Lipinski definition) is 2. The summed E-state index contributed by atoms with van der Waals surface area (Å²) in [4.78, 5) is 26.6. The van der Waals surface area contributed by atoms with Crippen molar-refractivity contribution in [1.29, 1.82) is 0 Å². The van der Waals surface area contributed by atoms with E-state index in [0.717, 1.165) is 19.3 Å². The van der Waals surface area contributed by atoms with Crippen LogP contribution in [0.15, 0.2) is 18.2 Å². The van der Waals surface area contributed by atoms with Crippen molar-refractivity contribution in [1.82, 2.24) is 10.9 Å². The Morgan fingerprint density at radius 2 is 1.83 bits per heavy atom. The van der Waals surface area contributed by atoms with Crippen molar-refractivity contribution in [3.8, 4) is 11.5 Å². The molecule has 0 radical (unpaired) electrons. The Kier molecular flexibility index (Phi) is 6.25. The van der Waals surface area contributed by atoms with Crippen molar-refractivity contribution in [2.24, 2.45) is 0 Å². The summed E-state index contributed by atoms with van der Waals surface area (Å²) in [6, 6.07) is 5.40. The fourth-order valence-corrected chi connectivity index (χ4v) is 5.02. The van der Waals surface area contributed by atoms with E-state index in [1.165, 1.54) is 41.0 Å². The summed E-state index contributed by atoms with van der Waals surface area (Å²) in [6.45, 7) is 1.09. The number of thiophene rings is 1. The molecular formula is C21H23ClN2O4S. The molecule has 2 N–H and O–H groups in total. The Morgan fingerprint density at radius 1 is 1.00 bits per heavy atom.